The minimum absolute atomic E-state index is 0.159. The first kappa shape index (κ1) is 20.8. The van der Waals surface area contributed by atoms with Gasteiger partial charge in [-0.1, -0.05) is 46.3 Å². The number of rotatable bonds is 6. The lowest BCUT2D eigenvalue weighted by molar-refractivity contribution is 0.305. The van der Waals surface area contributed by atoms with Crippen molar-refractivity contribution < 1.29 is 17.5 Å². The minimum Gasteiger partial charge on any atom is -0.488 e. The molecule has 0 atom stereocenters. The maximum absolute atomic E-state index is 13.1. The molecule has 0 aromatic heterocycles. The third-order valence-electron chi connectivity index (χ3n) is 4.02. The van der Waals surface area contributed by atoms with Gasteiger partial charge in [-0.15, -0.1) is 0 Å². The molecule has 0 spiro atoms. The molecular weight excluding hydrogens is 457 g/mol. The lowest BCUT2D eigenvalue weighted by Gasteiger charge is -2.11. The number of halogens is 2. The van der Waals surface area contributed by atoms with Gasteiger partial charge in [0, 0.05) is 10.0 Å². The molecule has 3 rings (SSSR count). The molecule has 0 saturated carbocycles. The van der Waals surface area contributed by atoms with Gasteiger partial charge in [0.25, 0.3) is 0 Å². The highest BCUT2D eigenvalue weighted by molar-refractivity contribution is 9.10. The van der Waals surface area contributed by atoms with Crippen LogP contribution in [-0.4, -0.2) is 8.42 Å². The first-order valence-electron chi connectivity index (χ1n) is 8.49. The molecule has 0 radical (unpaired) electrons. The number of hydrogen-bond acceptors (Lipinski definition) is 4. The SMILES string of the molecule is N#CC(=Cc1cc(Br)ccc1OCc1ccccc1)S(=O)(=O)c1ccc(F)cc1. The zero-order valence-electron chi connectivity index (χ0n) is 15.0. The van der Waals surface area contributed by atoms with E-state index in [-0.39, 0.29) is 11.5 Å². The van der Waals surface area contributed by atoms with Gasteiger partial charge in [-0.05, 0) is 54.1 Å². The zero-order valence-corrected chi connectivity index (χ0v) is 17.5. The van der Waals surface area contributed by atoms with Crippen molar-refractivity contribution in [2.45, 2.75) is 11.5 Å². The molecule has 146 valence electrons. The largest absolute Gasteiger partial charge is 0.488 e. The fourth-order valence-electron chi connectivity index (χ4n) is 2.55. The Bertz CT molecular complexity index is 1180. The van der Waals surface area contributed by atoms with E-state index in [0.717, 1.165) is 29.8 Å². The normalized spacial score (nSPS) is 11.7. The second-order valence-corrected chi connectivity index (χ2v) is 8.87. The molecule has 0 N–H and O–H groups in total. The maximum Gasteiger partial charge on any atom is 0.216 e. The van der Waals surface area contributed by atoms with Crippen molar-refractivity contribution >= 4 is 31.8 Å². The van der Waals surface area contributed by atoms with Crippen molar-refractivity contribution in [2.24, 2.45) is 0 Å². The Balaban J connectivity index is 1.97. The summed E-state index contributed by atoms with van der Waals surface area (Å²) in [5.74, 6) is -0.130. The molecular formula is C22H15BrFNO3S. The highest BCUT2D eigenvalue weighted by Gasteiger charge is 2.21. The fraction of sp³-hybridized carbons (Fsp3) is 0.0455. The number of allylic oxidation sites excluding steroid dienone is 1. The summed E-state index contributed by atoms with van der Waals surface area (Å²) < 4.78 is 45.2. The van der Waals surface area contributed by atoms with Crippen molar-refractivity contribution in [1.82, 2.24) is 0 Å². The van der Waals surface area contributed by atoms with Crippen LogP contribution in [0, 0.1) is 17.1 Å². The van der Waals surface area contributed by atoms with Crippen molar-refractivity contribution in [3.63, 3.8) is 0 Å². The first-order valence-corrected chi connectivity index (χ1v) is 10.8. The van der Waals surface area contributed by atoms with Gasteiger partial charge in [-0.25, -0.2) is 12.8 Å². The van der Waals surface area contributed by atoms with E-state index in [1.165, 1.54) is 6.08 Å². The van der Waals surface area contributed by atoms with E-state index in [0.29, 0.717) is 15.8 Å². The second-order valence-electron chi connectivity index (χ2n) is 6.03. The summed E-state index contributed by atoms with van der Waals surface area (Å²) >= 11 is 3.35. The summed E-state index contributed by atoms with van der Waals surface area (Å²) in [5.41, 5.74) is 1.38. The van der Waals surface area contributed by atoms with Gasteiger partial charge in [-0.2, -0.15) is 5.26 Å². The molecule has 0 aliphatic rings. The molecule has 0 unspecified atom stereocenters. The van der Waals surface area contributed by atoms with Gasteiger partial charge in [0.2, 0.25) is 9.84 Å². The Morgan fingerprint density at radius 3 is 2.41 bits per heavy atom. The number of hydrogen-bond donors (Lipinski definition) is 0. The average Bonchev–Trinajstić information content (AvgIpc) is 2.72. The van der Waals surface area contributed by atoms with Crippen LogP contribution in [0.1, 0.15) is 11.1 Å². The van der Waals surface area contributed by atoms with Crippen molar-refractivity contribution in [3.05, 3.63) is 99.1 Å². The van der Waals surface area contributed by atoms with Gasteiger partial charge >= 0.3 is 0 Å². The maximum atomic E-state index is 13.1. The van der Waals surface area contributed by atoms with E-state index in [2.05, 4.69) is 15.9 Å². The summed E-state index contributed by atoms with van der Waals surface area (Å²) in [6, 6.07) is 20.7. The smallest absolute Gasteiger partial charge is 0.216 e. The molecule has 0 aliphatic heterocycles. The van der Waals surface area contributed by atoms with Crippen LogP contribution in [0.5, 0.6) is 5.75 Å². The zero-order chi connectivity index (χ0) is 20.9. The van der Waals surface area contributed by atoms with E-state index < -0.39 is 20.6 Å². The summed E-state index contributed by atoms with van der Waals surface area (Å²) in [5, 5.41) is 9.48. The molecule has 4 nitrogen and oxygen atoms in total. The number of ether oxygens (including phenoxy) is 1. The van der Waals surface area contributed by atoms with Gasteiger partial charge in [0.1, 0.15) is 29.1 Å². The molecule has 3 aromatic carbocycles. The number of sulfone groups is 1. The quantitative estimate of drug-likeness (QED) is 0.351. The summed E-state index contributed by atoms with van der Waals surface area (Å²) in [7, 11) is -4.10. The lowest BCUT2D eigenvalue weighted by Crippen LogP contribution is -2.04. The minimum atomic E-state index is -4.10. The Morgan fingerprint density at radius 2 is 1.76 bits per heavy atom. The molecule has 0 saturated heterocycles. The summed E-state index contributed by atoms with van der Waals surface area (Å²) in [6.07, 6.45) is 1.25. The van der Waals surface area contributed by atoms with Crippen molar-refractivity contribution in [1.29, 1.82) is 5.26 Å². The Morgan fingerprint density at radius 1 is 1.07 bits per heavy atom. The van der Waals surface area contributed by atoms with Crippen molar-refractivity contribution in [2.75, 3.05) is 0 Å². The third kappa shape index (κ3) is 5.11. The average molecular weight is 472 g/mol. The van der Waals surface area contributed by atoms with Crippen LogP contribution >= 0.6 is 15.9 Å². The molecule has 7 heteroatoms. The number of nitrogens with zero attached hydrogens (tertiary/aromatic N) is 1. The Kier molecular flexibility index (Phi) is 6.47. The second kappa shape index (κ2) is 9.03. The number of nitriles is 1. The van der Waals surface area contributed by atoms with E-state index in [1.54, 1.807) is 24.3 Å². The molecule has 3 aromatic rings. The Labute approximate surface area is 176 Å². The van der Waals surface area contributed by atoms with E-state index >= 15 is 0 Å². The molecule has 0 aliphatic carbocycles. The van der Waals surface area contributed by atoms with Crippen molar-refractivity contribution in [3.8, 4) is 11.8 Å². The lowest BCUT2D eigenvalue weighted by atomic mass is 10.2. The van der Waals surface area contributed by atoms with Crippen LogP contribution in [0.3, 0.4) is 0 Å². The first-order chi connectivity index (χ1) is 13.9. The van der Waals surface area contributed by atoms with Crippen LogP contribution in [0.4, 0.5) is 4.39 Å². The molecule has 0 fully saturated rings. The van der Waals surface area contributed by atoms with Crippen LogP contribution in [0.2, 0.25) is 0 Å². The molecule has 0 amide bonds. The van der Waals surface area contributed by atoms with E-state index in [4.69, 9.17) is 4.74 Å². The van der Waals surface area contributed by atoms with Crippen LogP contribution < -0.4 is 4.74 Å². The van der Waals surface area contributed by atoms with Gasteiger partial charge < -0.3 is 4.74 Å². The van der Waals surface area contributed by atoms with E-state index in [9.17, 15) is 18.1 Å². The number of benzene rings is 3. The highest BCUT2D eigenvalue weighted by Crippen LogP contribution is 2.29. The van der Waals surface area contributed by atoms with Gasteiger partial charge in [0.05, 0.1) is 4.90 Å². The molecule has 29 heavy (non-hydrogen) atoms. The fourth-order valence-corrected chi connectivity index (χ4v) is 4.08. The molecule has 0 bridgehead atoms. The third-order valence-corrected chi connectivity index (χ3v) is 6.19. The highest BCUT2D eigenvalue weighted by atomic mass is 79.9. The van der Waals surface area contributed by atoms with E-state index in [1.807, 2.05) is 30.3 Å². The Hall–Kier alpha value is -2.95. The summed E-state index contributed by atoms with van der Waals surface area (Å²) in [4.78, 5) is -0.625. The monoisotopic (exact) mass is 471 g/mol. The van der Waals surface area contributed by atoms with Crippen LogP contribution in [0.25, 0.3) is 6.08 Å². The topological polar surface area (TPSA) is 67.2 Å². The van der Waals surface area contributed by atoms with Crippen LogP contribution in [0.15, 0.2) is 87.1 Å². The van der Waals surface area contributed by atoms with Gasteiger partial charge in [0.15, 0.2) is 0 Å². The summed E-state index contributed by atoms with van der Waals surface area (Å²) in [6.45, 7) is 0.288. The predicted octanol–water partition coefficient (Wildman–Crippen LogP) is 5.51. The standard InChI is InChI=1S/C22H15BrFNO3S/c23-18-6-11-22(28-15-16-4-2-1-3-5-16)17(12-18)13-21(14-25)29(26,27)20-9-7-19(24)8-10-20/h1-13H,15H2. The molecule has 0 heterocycles. The predicted molar refractivity (Wildman–Crippen MR) is 112 cm³/mol. The van der Waals surface area contributed by atoms with Gasteiger partial charge in [-0.3, -0.25) is 0 Å². The van der Waals surface area contributed by atoms with Crippen LogP contribution in [-0.2, 0) is 16.4 Å².